The lowest BCUT2D eigenvalue weighted by atomic mass is 10.2. The molecule has 1 rings (SSSR count). The highest BCUT2D eigenvalue weighted by Crippen LogP contribution is 2.14. The maximum atomic E-state index is 12.0. The maximum absolute atomic E-state index is 12.0. The quantitative estimate of drug-likeness (QED) is 0.794. The van der Waals surface area contributed by atoms with Crippen LogP contribution >= 0.6 is 0 Å². The third-order valence-electron chi connectivity index (χ3n) is 2.41. The average molecular weight is 258 g/mol. The van der Waals surface area contributed by atoms with Gasteiger partial charge in [-0.05, 0) is 27.7 Å². The number of nitrogens with one attached hydrogen (secondary N) is 1. The highest BCUT2D eigenvalue weighted by molar-refractivity contribution is 5.86. The molecule has 1 atom stereocenters. The summed E-state index contributed by atoms with van der Waals surface area (Å²) < 4.78 is 10.5. The zero-order chi connectivity index (χ0) is 13.8. The molecule has 104 valence electrons. The van der Waals surface area contributed by atoms with Crippen LogP contribution in [0.1, 0.15) is 27.7 Å². The van der Waals surface area contributed by atoms with Crippen LogP contribution in [-0.2, 0) is 14.3 Å². The molecule has 1 fully saturated rings. The second-order valence-electron chi connectivity index (χ2n) is 5.16. The summed E-state index contributed by atoms with van der Waals surface area (Å²) in [5, 5.41) is 2.69. The fourth-order valence-electron chi connectivity index (χ4n) is 1.65. The van der Waals surface area contributed by atoms with Crippen LogP contribution < -0.4 is 5.32 Å². The van der Waals surface area contributed by atoms with E-state index in [1.807, 2.05) is 6.92 Å². The van der Waals surface area contributed by atoms with Crippen molar-refractivity contribution in [3.8, 4) is 0 Å². The fourth-order valence-corrected chi connectivity index (χ4v) is 1.65. The van der Waals surface area contributed by atoms with Gasteiger partial charge in [0.05, 0.1) is 13.2 Å². The van der Waals surface area contributed by atoms with Gasteiger partial charge in [0, 0.05) is 13.1 Å². The second-order valence-corrected chi connectivity index (χ2v) is 5.16. The number of morpholine rings is 1. The summed E-state index contributed by atoms with van der Waals surface area (Å²) in [6.45, 7) is 8.76. The van der Waals surface area contributed by atoms with Crippen LogP contribution in [0.5, 0.6) is 0 Å². The van der Waals surface area contributed by atoms with Gasteiger partial charge in [0.15, 0.2) is 0 Å². The molecule has 2 amide bonds. The first kappa shape index (κ1) is 14.8. The Hall–Kier alpha value is -1.30. The lowest BCUT2D eigenvalue weighted by molar-refractivity contribution is -0.132. The molecule has 18 heavy (non-hydrogen) atoms. The van der Waals surface area contributed by atoms with Crippen molar-refractivity contribution in [1.29, 1.82) is 0 Å². The molecule has 0 bridgehead atoms. The number of likely N-dealkylation sites (N-methyl/N-ethyl adjacent to an activating group) is 1. The van der Waals surface area contributed by atoms with Gasteiger partial charge in [0.2, 0.25) is 5.91 Å². The van der Waals surface area contributed by atoms with E-state index in [4.69, 9.17) is 9.47 Å². The van der Waals surface area contributed by atoms with Gasteiger partial charge in [-0.3, -0.25) is 9.69 Å². The molecule has 1 unspecified atom stereocenters. The summed E-state index contributed by atoms with van der Waals surface area (Å²) in [7, 11) is 0. The molecular weight excluding hydrogens is 236 g/mol. The van der Waals surface area contributed by atoms with E-state index in [9.17, 15) is 9.59 Å². The molecule has 1 heterocycles. The Kier molecular flexibility index (Phi) is 4.95. The second kappa shape index (κ2) is 6.04. The van der Waals surface area contributed by atoms with Crippen LogP contribution in [0.3, 0.4) is 0 Å². The zero-order valence-electron chi connectivity index (χ0n) is 11.5. The van der Waals surface area contributed by atoms with Crippen molar-refractivity contribution in [1.82, 2.24) is 10.2 Å². The van der Waals surface area contributed by atoms with Crippen molar-refractivity contribution >= 4 is 12.0 Å². The molecule has 0 aromatic heterocycles. The minimum absolute atomic E-state index is 0.206. The van der Waals surface area contributed by atoms with Crippen molar-refractivity contribution < 1.29 is 19.1 Å². The third-order valence-corrected chi connectivity index (χ3v) is 2.41. The molecule has 1 N–H and O–H groups in total. The Morgan fingerprint density at radius 1 is 1.44 bits per heavy atom. The zero-order valence-corrected chi connectivity index (χ0v) is 11.5. The average Bonchev–Trinajstić information content (AvgIpc) is 2.27. The van der Waals surface area contributed by atoms with Crippen LogP contribution in [0.2, 0.25) is 0 Å². The number of nitrogens with zero attached hydrogens (tertiary/aromatic N) is 1. The van der Waals surface area contributed by atoms with E-state index in [-0.39, 0.29) is 12.5 Å². The first-order valence-corrected chi connectivity index (χ1v) is 6.20. The maximum Gasteiger partial charge on any atom is 0.411 e. The van der Waals surface area contributed by atoms with Crippen LogP contribution in [0, 0.1) is 0 Å². The van der Waals surface area contributed by atoms with Crippen LogP contribution in [-0.4, -0.2) is 54.8 Å². The predicted molar refractivity (Wildman–Crippen MR) is 66.2 cm³/mol. The Balaban J connectivity index is 2.70. The molecule has 6 heteroatoms. The van der Waals surface area contributed by atoms with E-state index in [0.29, 0.717) is 19.7 Å². The standard InChI is InChI=1S/C12H22N2O4/c1-5-13-10(15)9-8-17-7-6-14(9)11(16)18-12(2,3)4/h9H,5-8H2,1-4H3,(H,13,15). The Morgan fingerprint density at radius 3 is 2.67 bits per heavy atom. The molecule has 0 spiro atoms. The van der Waals surface area contributed by atoms with E-state index in [1.54, 1.807) is 20.8 Å². The van der Waals surface area contributed by atoms with E-state index in [1.165, 1.54) is 4.90 Å². The van der Waals surface area contributed by atoms with E-state index in [2.05, 4.69) is 5.32 Å². The summed E-state index contributed by atoms with van der Waals surface area (Å²) in [5.74, 6) is -0.206. The topological polar surface area (TPSA) is 67.9 Å². The number of amides is 2. The monoisotopic (exact) mass is 258 g/mol. The van der Waals surface area contributed by atoms with Gasteiger partial charge in [0.1, 0.15) is 11.6 Å². The van der Waals surface area contributed by atoms with E-state index < -0.39 is 17.7 Å². The van der Waals surface area contributed by atoms with Gasteiger partial charge in [-0.15, -0.1) is 0 Å². The highest BCUT2D eigenvalue weighted by Gasteiger charge is 2.35. The van der Waals surface area contributed by atoms with Crippen LogP contribution in [0.15, 0.2) is 0 Å². The van der Waals surface area contributed by atoms with Crippen molar-refractivity contribution in [2.75, 3.05) is 26.3 Å². The summed E-state index contributed by atoms with van der Waals surface area (Å²) >= 11 is 0. The molecule has 6 nitrogen and oxygen atoms in total. The number of hydrogen-bond acceptors (Lipinski definition) is 4. The summed E-state index contributed by atoms with van der Waals surface area (Å²) in [6.07, 6.45) is -0.470. The third kappa shape index (κ3) is 4.18. The predicted octanol–water partition coefficient (Wildman–Crippen LogP) is 0.758. The molecular formula is C12H22N2O4. The summed E-state index contributed by atoms with van der Waals surface area (Å²) in [5.41, 5.74) is -0.568. The smallest absolute Gasteiger partial charge is 0.411 e. The first-order chi connectivity index (χ1) is 8.35. The summed E-state index contributed by atoms with van der Waals surface area (Å²) in [4.78, 5) is 25.3. The minimum Gasteiger partial charge on any atom is -0.444 e. The fraction of sp³-hybridized carbons (Fsp3) is 0.833. The van der Waals surface area contributed by atoms with Crippen molar-refractivity contribution in [2.45, 2.75) is 39.3 Å². The van der Waals surface area contributed by atoms with Crippen molar-refractivity contribution in [3.63, 3.8) is 0 Å². The molecule has 0 saturated carbocycles. The molecule has 1 aliphatic heterocycles. The molecule has 0 aromatic carbocycles. The van der Waals surface area contributed by atoms with Crippen LogP contribution in [0.4, 0.5) is 4.79 Å². The number of ether oxygens (including phenoxy) is 2. The largest absolute Gasteiger partial charge is 0.444 e. The number of carbonyl (C=O) groups is 2. The van der Waals surface area contributed by atoms with E-state index >= 15 is 0 Å². The number of rotatable bonds is 2. The summed E-state index contributed by atoms with van der Waals surface area (Å²) in [6, 6.07) is -0.603. The Labute approximate surface area is 108 Å². The normalized spacial score (nSPS) is 20.4. The first-order valence-electron chi connectivity index (χ1n) is 6.20. The molecule has 1 saturated heterocycles. The Bertz CT molecular complexity index is 312. The number of carbonyl (C=O) groups excluding carboxylic acids is 2. The Morgan fingerprint density at radius 2 is 2.11 bits per heavy atom. The lowest BCUT2D eigenvalue weighted by Crippen LogP contribution is -2.56. The molecule has 0 aromatic rings. The van der Waals surface area contributed by atoms with Crippen molar-refractivity contribution in [3.05, 3.63) is 0 Å². The minimum atomic E-state index is -0.603. The molecule has 0 radical (unpaired) electrons. The molecule has 0 aliphatic carbocycles. The molecule has 1 aliphatic rings. The van der Waals surface area contributed by atoms with Gasteiger partial charge in [-0.1, -0.05) is 0 Å². The van der Waals surface area contributed by atoms with Gasteiger partial charge >= 0.3 is 6.09 Å². The lowest BCUT2D eigenvalue weighted by Gasteiger charge is -2.35. The highest BCUT2D eigenvalue weighted by atomic mass is 16.6. The van der Waals surface area contributed by atoms with Gasteiger partial charge in [-0.25, -0.2) is 4.79 Å². The van der Waals surface area contributed by atoms with Crippen molar-refractivity contribution in [2.24, 2.45) is 0 Å². The van der Waals surface area contributed by atoms with Gasteiger partial charge in [0.25, 0.3) is 0 Å². The van der Waals surface area contributed by atoms with Gasteiger partial charge < -0.3 is 14.8 Å². The van der Waals surface area contributed by atoms with Gasteiger partial charge in [-0.2, -0.15) is 0 Å². The van der Waals surface area contributed by atoms with Crippen LogP contribution in [0.25, 0.3) is 0 Å². The SMILES string of the molecule is CCNC(=O)C1COCCN1C(=O)OC(C)(C)C. The number of hydrogen-bond donors (Lipinski definition) is 1. The van der Waals surface area contributed by atoms with E-state index in [0.717, 1.165) is 0 Å².